The summed E-state index contributed by atoms with van der Waals surface area (Å²) in [6, 6.07) is 5.22. The van der Waals surface area contributed by atoms with Crippen LogP contribution in [0.25, 0.3) is 11.1 Å². The fraction of sp³-hybridized carbons (Fsp3) is 0.357. The van der Waals surface area contributed by atoms with Crippen molar-refractivity contribution in [3.8, 4) is 22.6 Å². The molecule has 0 fully saturated rings. The molecule has 0 unspecified atom stereocenters. The van der Waals surface area contributed by atoms with Gasteiger partial charge in [0, 0.05) is 5.56 Å². The minimum Gasteiger partial charge on any atom is -0.493 e. The van der Waals surface area contributed by atoms with Gasteiger partial charge in [-0.05, 0) is 26.0 Å². The highest BCUT2D eigenvalue weighted by atomic mass is 19.3. The third-order valence-corrected chi connectivity index (χ3v) is 2.74. The van der Waals surface area contributed by atoms with E-state index in [-0.39, 0.29) is 5.69 Å². The molecule has 0 aliphatic carbocycles. The predicted molar refractivity (Wildman–Crippen MR) is 71.3 cm³/mol. The van der Waals surface area contributed by atoms with Crippen molar-refractivity contribution >= 4 is 0 Å². The number of nitrogens with zero attached hydrogens (tertiary/aromatic N) is 1. The van der Waals surface area contributed by atoms with Crippen LogP contribution >= 0.6 is 0 Å². The standard InChI is InChI=1S/C14H16F2N2O2/c1-3-19-10-6-5-7-11(20-4-2)12(10)9-8-17-18-13(9)14(15)16/h5-8,14H,3-4H2,1-2H3,(H,17,18). The second kappa shape index (κ2) is 6.36. The van der Waals surface area contributed by atoms with E-state index in [9.17, 15) is 8.78 Å². The number of nitrogens with one attached hydrogen (secondary N) is 1. The molecule has 0 aliphatic rings. The van der Waals surface area contributed by atoms with Gasteiger partial charge in [-0.15, -0.1) is 0 Å². The van der Waals surface area contributed by atoms with E-state index in [0.29, 0.717) is 35.8 Å². The maximum absolute atomic E-state index is 13.0. The van der Waals surface area contributed by atoms with E-state index in [1.54, 1.807) is 18.2 Å². The molecule has 1 aromatic heterocycles. The Morgan fingerprint density at radius 1 is 1.15 bits per heavy atom. The van der Waals surface area contributed by atoms with Crippen molar-refractivity contribution in [1.29, 1.82) is 0 Å². The predicted octanol–water partition coefficient (Wildman–Crippen LogP) is 3.81. The topological polar surface area (TPSA) is 47.1 Å². The van der Waals surface area contributed by atoms with Gasteiger partial charge < -0.3 is 9.47 Å². The number of hydrogen-bond donors (Lipinski definition) is 1. The van der Waals surface area contributed by atoms with Gasteiger partial charge in [0.05, 0.1) is 25.0 Å². The van der Waals surface area contributed by atoms with Crippen LogP contribution in [0.1, 0.15) is 26.0 Å². The van der Waals surface area contributed by atoms with Crippen LogP contribution in [0.3, 0.4) is 0 Å². The maximum Gasteiger partial charge on any atom is 0.280 e. The monoisotopic (exact) mass is 282 g/mol. The molecular weight excluding hydrogens is 266 g/mol. The largest absolute Gasteiger partial charge is 0.493 e. The molecule has 1 aromatic carbocycles. The molecule has 0 atom stereocenters. The molecular formula is C14H16F2N2O2. The summed E-state index contributed by atoms with van der Waals surface area (Å²) in [4.78, 5) is 0. The van der Waals surface area contributed by atoms with Crippen molar-refractivity contribution in [3.63, 3.8) is 0 Å². The summed E-state index contributed by atoms with van der Waals surface area (Å²) < 4.78 is 37.1. The van der Waals surface area contributed by atoms with Crippen LogP contribution in [0.2, 0.25) is 0 Å². The molecule has 2 aromatic rings. The number of benzene rings is 1. The average Bonchev–Trinajstić information content (AvgIpc) is 2.89. The third kappa shape index (κ3) is 2.74. The molecule has 6 heteroatoms. The number of alkyl halides is 2. The molecule has 0 spiro atoms. The molecule has 0 amide bonds. The molecule has 4 nitrogen and oxygen atoms in total. The van der Waals surface area contributed by atoms with Crippen molar-refractivity contribution in [2.75, 3.05) is 13.2 Å². The Morgan fingerprint density at radius 3 is 2.25 bits per heavy atom. The van der Waals surface area contributed by atoms with Gasteiger partial charge in [-0.2, -0.15) is 5.10 Å². The van der Waals surface area contributed by atoms with Crippen molar-refractivity contribution in [3.05, 3.63) is 30.1 Å². The lowest BCUT2D eigenvalue weighted by molar-refractivity contribution is 0.146. The van der Waals surface area contributed by atoms with E-state index in [1.807, 2.05) is 13.8 Å². The van der Waals surface area contributed by atoms with E-state index in [2.05, 4.69) is 10.2 Å². The van der Waals surface area contributed by atoms with Crippen LogP contribution in [0.5, 0.6) is 11.5 Å². The molecule has 0 saturated carbocycles. The fourth-order valence-electron chi connectivity index (χ4n) is 1.99. The summed E-state index contributed by atoms with van der Waals surface area (Å²) in [5.41, 5.74) is 0.561. The van der Waals surface area contributed by atoms with Gasteiger partial charge in [0.25, 0.3) is 6.43 Å². The van der Waals surface area contributed by atoms with E-state index in [0.717, 1.165) is 0 Å². The lowest BCUT2D eigenvalue weighted by Crippen LogP contribution is -2.00. The maximum atomic E-state index is 13.0. The van der Waals surface area contributed by atoms with Crippen molar-refractivity contribution in [1.82, 2.24) is 10.2 Å². The minimum absolute atomic E-state index is 0.238. The Balaban J connectivity index is 2.59. The Kier molecular flexibility index (Phi) is 4.55. The first-order valence-electron chi connectivity index (χ1n) is 6.39. The third-order valence-electron chi connectivity index (χ3n) is 2.74. The smallest absolute Gasteiger partial charge is 0.280 e. The fourth-order valence-corrected chi connectivity index (χ4v) is 1.99. The summed E-state index contributed by atoms with van der Waals surface area (Å²) in [6.07, 6.45) is -1.28. The Labute approximate surface area is 115 Å². The van der Waals surface area contributed by atoms with Crippen LogP contribution in [0.15, 0.2) is 24.4 Å². The normalized spacial score (nSPS) is 10.8. The zero-order chi connectivity index (χ0) is 14.5. The second-order valence-corrected chi connectivity index (χ2v) is 3.99. The number of ether oxygens (including phenoxy) is 2. The highest BCUT2D eigenvalue weighted by molar-refractivity contribution is 5.78. The second-order valence-electron chi connectivity index (χ2n) is 3.99. The SMILES string of the molecule is CCOc1cccc(OCC)c1-c1cn[nH]c1C(F)F. The zero-order valence-electron chi connectivity index (χ0n) is 11.3. The number of hydrogen-bond acceptors (Lipinski definition) is 3. The van der Waals surface area contributed by atoms with Crippen LogP contribution in [0, 0.1) is 0 Å². The van der Waals surface area contributed by atoms with Crippen LogP contribution in [0.4, 0.5) is 8.78 Å². The molecule has 20 heavy (non-hydrogen) atoms. The quantitative estimate of drug-likeness (QED) is 0.876. The number of H-pyrrole nitrogens is 1. The zero-order valence-corrected chi connectivity index (χ0v) is 11.3. The van der Waals surface area contributed by atoms with E-state index < -0.39 is 6.43 Å². The number of halogens is 2. The van der Waals surface area contributed by atoms with Gasteiger partial charge in [0.15, 0.2) is 0 Å². The molecule has 2 rings (SSSR count). The summed E-state index contributed by atoms with van der Waals surface area (Å²) in [6.45, 7) is 4.54. The summed E-state index contributed by atoms with van der Waals surface area (Å²) in [7, 11) is 0. The molecule has 0 saturated heterocycles. The Bertz CT molecular complexity index is 546. The molecule has 0 radical (unpaired) electrons. The van der Waals surface area contributed by atoms with Gasteiger partial charge in [-0.3, -0.25) is 5.10 Å². The lowest BCUT2D eigenvalue weighted by atomic mass is 10.0. The van der Waals surface area contributed by atoms with E-state index in [4.69, 9.17) is 9.47 Å². The molecule has 0 bridgehead atoms. The van der Waals surface area contributed by atoms with Crippen LogP contribution < -0.4 is 9.47 Å². The summed E-state index contributed by atoms with van der Waals surface area (Å²) in [5.74, 6) is 1.00. The van der Waals surface area contributed by atoms with Gasteiger partial charge in [0.1, 0.15) is 17.2 Å². The van der Waals surface area contributed by atoms with E-state index >= 15 is 0 Å². The molecule has 1 N–H and O–H groups in total. The number of rotatable bonds is 6. The van der Waals surface area contributed by atoms with Crippen molar-refractivity contribution in [2.24, 2.45) is 0 Å². The average molecular weight is 282 g/mol. The minimum atomic E-state index is -2.64. The van der Waals surface area contributed by atoms with Crippen molar-refractivity contribution in [2.45, 2.75) is 20.3 Å². The van der Waals surface area contributed by atoms with Gasteiger partial charge in [-0.25, -0.2) is 8.78 Å². The summed E-state index contributed by atoms with van der Waals surface area (Å²) in [5, 5.41) is 6.04. The first-order chi connectivity index (χ1) is 9.69. The van der Waals surface area contributed by atoms with Gasteiger partial charge in [-0.1, -0.05) is 6.07 Å². The highest BCUT2D eigenvalue weighted by Gasteiger charge is 2.22. The highest BCUT2D eigenvalue weighted by Crippen LogP contribution is 2.41. The van der Waals surface area contributed by atoms with E-state index in [1.165, 1.54) is 6.20 Å². The molecule has 1 heterocycles. The lowest BCUT2D eigenvalue weighted by Gasteiger charge is -2.15. The first kappa shape index (κ1) is 14.3. The van der Waals surface area contributed by atoms with Gasteiger partial charge in [0.2, 0.25) is 0 Å². The Morgan fingerprint density at radius 2 is 1.75 bits per heavy atom. The number of aromatic amines is 1. The summed E-state index contributed by atoms with van der Waals surface area (Å²) >= 11 is 0. The van der Waals surface area contributed by atoms with Crippen LogP contribution in [-0.4, -0.2) is 23.4 Å². The van der Waals surface area contributed by atoms with Crippen molar-refractivity contribution < 1.29 is 18.3 Å². The van der Waals surface area contributed by atoms with Gasteiger partial charge >= 0.3 is 0 Å². The Hall–Kier alpha value is -2.11. The first-order valence-corrected chi connectivity index (χ1v) is 6.39. The molecule has 108 valence electrons. The number of aromatic nitrogens is 2. The van der Waals surface area contributed by atoms with Crippen LogP contribution in [-0.2, 0) is 0 Å². The molecule has 0 aliphatic heterocycles.